The number of nitrogens with zero attached hydrogens (tertiary/aromatic N) is 4. The Morgan fingerprint density at radius 2 is 2.29 bits per heavy atom. The molecule has 0 amide bonds. The van der Waals surface area contributed by atoms with Crippen molar-refractivity contribution in [2.45, 2.75) is 32.4 Å². The van der Waals surface area contributed by atoms with E-state index >= 15 is 0 Å². The third-order valence-corrected chi connectivity index (χ3v) is 2.10. The van der Waals surface area contributed by atoms with E-state index in [2.05, 4.69) is 20.7 Å². The van der Waals surface area contributed by atoms with Crippen LogP contribution < -0.4 is 5.32 Å². The van der Waals surface area contributed by atoms with Crippen LogP contribution in [-0.4, -0.2) is 37.5 Å². The highest BCUT2D eigenvalue weighted by molar-refractivity contribution is 4.79. The number of aryl methyl sites for hydroxylation is 1. The van der Waals surface area contributed by atoms with Gasteiger partial charge < -0.3 is 10.4 Å². The summed E-state index contributed by atoms with van der Waals surface area (Å²) in [7, 11) is 1.72. The van der Waals surface area contributed by atoms with Crippen LogP contribution in [0.25, 0.3) is 0 Å². The van der Waals surface area contributed by atoms with E-state index in [0.717, 1.165) is 0 Å². The molecule has 1 aromatic rings. The van der Waals surface area contributed by atoms with Gasteiger partial charge >= 0.3 is 0 Å². The molecule has 0 spiro atoms. The van der Waals surface area contributed by atoms with Crippen molar-refractivity contribution in [1.29, 1.82) is 0 Å². The van der Waals surface area contributed by atoms with Gasteiger partial charge in [0, 0.05) is 6.54 Å². The normalized spacial score (nSPS) is 15.4. The van der Waals surface area contributed by atoms with Crippen LogP contribution in [0.1, 0.15) is 26.1 Å². The SMILES string of the molecule is CCC(C)(O)CNCc1nnn(C)n1. The zero-order valence-corrected chi connectivity index (χ0v) is 8.86. The first-order valence-corrected chi connectivity index (χ1v) is 4.69. The summed E-state index contributed by atoms with van der Waals surface area (Å²) in [5.41, 5.74) is -0.664. The Kier molecular flexibility index (Phi) is 3.54. The van der Waals surface area contributed by atoms with Gasteiger partial charge in [-0.1, -0.05) is 6.92 Å². The van der Waals surface area contributed by atoms with Crippen molar-refractivity contribution in [3.63, 3.8) is 0 Å². The van der Waals surface area contributed by atoms with Crippen molar-refractivity contribution in [2.75, 3.05) is 6.54 Å². The second-order valence-corrected chi connectivity index (χ2v) is 3.65. The zero-order chi connectivity index (χ0) is 10.6. The second kappa shape index (κ2) is 4.47. The molecule has 0 fully saturated rings. The molecule has 0 aliphatic heterocycles. The summed E-state index contributed by atoms with van der Waals surface area (Å²) in [6.45, 7) is 4.80. The monoisotopic (exact) mass is 199 g/mol. The van der Waals surface area contributed by atoms with Crippen LogP contribution in [0.5, 0.6) is 0 Å². The number of aromatic nitrogens is 4. The van der Waals surface area contributed by atoms with E-state index < -0.39 is 5.60 Å². The van der Waals surface area contributed by atoms with Crippen LogP contribution in [0.3, 0.4) is 0 Å². The topological polar surface area (TPSA) is 75.9 Å². The van der Waals surface area contributed by atoms with Crippen LogP contribution in [-0.2, 0) is 13.6 Å². The predicted molar refractivity (Wildman–Crippen MR) is 51.4 cm³/mol. The minimum absolute atomic E-state index is 0.530. The van der Waals surface area contributed by atoms with Crippen LogP contribution in [0.15, 0.2) is 0 Å². The van der Waals surface area contributed by atoms with Gasteiger partial charge in [0.1, 0.15) is 0 Å². The summed E-state index contributed by atoms with van der Waals surface area (Å²) >= 11 is 0. The number of tetrazole rings is 1. The summed E-state index contributed by atoms with van der Waals surface area (Å²) in [5.74, 6) is 0.638. The van der Waals surface area contributed by atoms with Gasteiger partial charge in [-0.3, -0.25) is 0 Å². The first-order valence-electron chi connectivity index (χ1n) is 4.69. The van der Waals surface area contributed by atoms with Crippen LogP contribution in [0.4, 0.5) is 0 Å². The van der Waals surface area contributed by atoms with E-state index in [1.54, 1.807) is 14.0 Å². The van der Waals surface area contributed by atoms with E-state index in [1.165, 1.54) is 4.80 Å². The van der Waals surface area contributed by atoms with Crippen LogP contribution in [0.2, 0.25) is 0 Å². The first kappa shape index (κ1) is 11.1. The van der Waals surface area contributed by atoms with Crippen molar-refractivity contribution in [1.82, 2.24) is 25.5 Å². The summed E-state index contributed by atoms with van der Waals surface area (Å²) in [6, 6.07) is 0. The van der Waals surface area contributed by atoms with E-state index in [4.69, 9.17) is 0 Å². The minimum atomic E-state index is -0.664. The van der Waals surface area contributed by atoms with E-state index in [1.807, 2.05) is 6.92 Å². The number of hydrogen-bond acceptors (Lipinski definition) is 5. The fourth-order valence-corrected chi connectivity index (χ4v) is 0.963. The molecule has 0 radical (unpaired) electrons. The molecule has 80 valence electrons. The molecule has 1 aromatic heterocycles. The lowest BCUT2D eigenvalue weighted by molar-refractivity contribution is 0.0554. The van der Waals surface area contributed by atoms with Gasteiger partial charge in [-0.2, -0.15) is 4.80 Å². The molecule has 1 heterocycles. The molecule has 1 unspecified atom stereocenters. The van der Waals surface area contributed by atoms with E-state index in [0.29, 0.717) is 25.3 Å². The molecular formula is C8H17N5O. The third-order valence-electron chi connectivity index (χ3n) is 2.10. The fourth-order valence-electron chi connectivity index (χ4n) is 0.963. The maximum absolute atomic E-state index is 9.68. The molecule has 0 saturated heterocycles. The Labute approximate surface area is 83.3 Å². The number of rotatable bonds is 5. The van der Waals surface area contributed by atoms with Crippen molar-refractivity contribution in [3.05, 3.63) is 5.82 Å². The average molecular weight is 199 g/mol. The maximum atomic E-state index is 9.68. The highest BCUT2D eigenvalue weighted by Gasteiger charge is 2.16. The Morgan fingerprint density at radius 1 is 1.57 bits per heavy atom. The molecule has 6 nitrogen and oxygen atoms in total. The van der Waals surface area contributed by atoms with Gasteiger partial charge in [0.25, 0.3) is 0 Å². The van der Waals surface area contributed by atoms with Crippen molar-refractivity contribution in [2.24, 2.45) is 7.05 Å². The molecule has 0 aliphatic carbocycles. The first-order chi connectivity index (χ1) is 6.53. The lowest BCUT2D eigenvalue weighted by Crippen LogP contribution is -2.36. The quantitative estimate of drug-likeness (QED) is 0.666. The number of hydrogen-bond donors (Lipinski definition) is 2. The average Bonchev–Trinajstić information content (AvgIpc) is 2.51. The van der Waals surface area contributed by atoms with Crippen molar-refractivity contribution in [3.8, 4) is 0 Å². The Bertz CT molecular complexity index is 283. The Morgan fingerprint density at radius 3 is 2.79 bits per heavy atom. The third kappa shape index (κ3) is 3.39. The molecular weight excluding hydrogens is 182 g/mol. The van der Waals surface area contributed by atoms with Gasteiger partial charge in [0.2, 0.25) is 0 Å². The van der Waals surface area contributed by atoms with Gasteiger partial charge in [-0.15, -0.1) is 10.2 Å². The second-order valence-electron chi connectivity index (χ2n) is 3.65. The smallest absolute Gasteiger partial charge is 0.188 e. The molecule has 6 heteroatoms. The number of nitrogens with one attached hydrogen (secondary N) is 1. The maximum Gasteiger partial charge on any atom is 0.188 e. The molecule has 1 rings (SSSR count). The Hall–Kier alpha value is -1.01. The molecule has 2 N–H and O–H groups in total. The number of aliphatic hydroxyl groups is 1. The van der Waals surface area contributed by atoms with E-state index in [9.17, 15) is 5.11 Å². The van der Waals surface area contributed by atoms with Crippen LogP contribution >= 0.6 is 0 Å². The van der Waals surface area contributed by atoms with Gasteiger partial charge in [0.05, 0.1) is 19.2 Å². The molecule has 0 aromatic carbocycles. The van der Waals surface area contributed by atoms with Gasteiger partial charge in [-0.05, 0) is 18.6 Å². The molecule has 0 bridgehead atoms. The lowest BCUT2D eigenvalue weighted by Gasteiger charge is -2.20. The minimum Gasteiger partial charge on any atom is -0.389 e. The largest absolute Gasteiger partial charge is 0.389 e. The zero-order valence-electron chi connectivity index (χ0n) is 8.86. The summed E-state index contributed by atoms with van der Waals surface area (Å²) < 4.78 is 0. The highest BCUT2D eigenvalue weighted by Crippen LogP contribution is 2.05. The molecule has 0 saturated carbocycles. The summed E-state index contributed by atoms with van der Waals surface area (Å²) in [4.78, 5) is 1.41. The molecule has 1 atom stereocenters. The molecule has 0 aliphatic rings. The predicted octanol–water partition coefficient (Wildman–Crippen LogP) is -0.539. The van der Waals surface area contributed by atoms with Crippen molar-refractivity contribution < 1.29 is 5.11 Å². The highest BCUT2D eigenvalue weighted by atomic mass is 16.3. The fraction of sp³-hybridized carbons (Fsp3) is 0.875. The lowest BCUT2D eigenvalue weighted by atomic mass is 10.0. The van der Waals surface area contributed by atoms with Crippen LogP contribution in [0, 0.1) is 0 Å². The van der Waals surface area contributed by atoms with Gasteiger partial charge in [-0.25, -0.2) is 0 Å². The molecule has 14 heavy (non-hydrogen) atoms. The van der Waals surface area contributed by atoms with Gasteiger partial charge in [0.15, 0.2) is 5.82 Å². The Balaban J connectivity index is 2.28. The summed E-state index contributed by atoms with van der Waals surface area (Å²) in [5, 5.41) is 24.3. The standard InChI is InChI=1S/C8H17N5O/c1-4-8(2,14)6-9-5-7-10-12-13(3)11-7/h9,14H,4-6H2,1-3H3. The van der Waals surface area contributed by atoms with E-state index in [-0.39, 0.29) is 0 Å². The summed E-state index contributed by atoms with van der Waals surface area (Å²) in [6.07, 6.45) is 0.716. The van der Waals surface area contributed by atoms with Crippen molar-refractivity contribution >= 4 is 0 Å².